The topological polar surface area (TPSA) is 94.2 Å². The molecule has 1 amide bonds. The van der Waals surface area contributed by atoms with Crippen LogP contribution < -0.4 is 14.8 Å². The molecule has 1 aliphatic heterocycles. The van der Waals surface area contributed by atoms with Crippen molar-refractivity contribution in [2.24, 2.45) is 0 Å². The van der Waals surface area contributed by atoms with Gasteiger partial charge in [0.1, 0.15) is 11.5 Å². The Balaban J connectivity index is 1.81. The summed E-state index contributed by atoms with van der Waals surface area (Å²) in [7, 11) is -0.694. The summed E-state index contributed by atoms with van der Waals surface area (Å²) in [5.74, 6) is 0.563. The van der Waals surface area contributed by atoms with Crippen molar-refractivity contribution in [1.29, 1.82) is 0 Å². The van der Waals surface area contributed by atoms with E-state index in [9.17, 15) is 13.2 Å². The zero-order chi connectivity index (χ0) is 21.6. The molecule has 2 aromatic rings. The highest BCUT2D eigenvalue weighted by atomic mass is 32.2. The van der Waals surface area contributed by atoms with E-state index in [1.165, 1.54) is 35.7 Å². The lowest BCUT2D eigenvalue weighted by Gasteiger charge is -2.26. The number of methoxy groups -OCH3 is 2. The van der Waals surface area contributed by atoms with Gasteiger partial charge >= 0.3 is 0 Å². The van der Waals surface area contributed by atoms with Gasteiger partial charge in [0.2, 0.25) is 15.9 Å². The molecule has 8 nitrogen and oxygen atoms in total. The Hall–Kier alpha value is -2.88. The van der Waals surface area contributed by atoms with Crippen molar-refractivity contribution in [2.45, 2.75) is 4.90 Å². The van der Waals surface area contributed by atoms with E-state index in [4.69, 9.17) is 14.2 Å². The van der Waals surface area contributed by atoms with Gasteiger partial charge in [-0.1, -0.05) is 18.2 Å². The second-order valence-electron chi connectivity index (χ2n) is 6.44. The molecule has 30 heavy (non-hydrogen) atoms. The van der Waals surface area contributed by atoms with Gasteiger partial charge in [-0.25, -0.2) is 8.42 Å². The molecule has 2 aromatic carbocycles. The molecule has 1 aliphatic rings. The lowest BCUT2D eigenvalue weighted by atomic mass is 10.2. The maximum Gasteiger partial charge on any atom is 0.248 e. The van der Waals surface area contributed by atoms with Crippen LogP contribution in [-0.4, -0.2) is 59.2 Å². The summed E-state index contributed by atoms with van der Waals surface area (Å²) in [6.07, 6.45) is 2.97. The third-order valence-electron chi connectivity index (χ3n) is 4.59. The number of nitrogens with zero attached hydrogens (tertiary/aromatic N) is 1. The number of hydrogen-bond donors (Lipinski definition) is 1. The minimum absolute atomic E-state index is 0.0780. The summed E-state index contributed by atoms with van der Waals surface area (Å²) in [5, 5.41) is 2.69. The summed E-state index contributed by atoms with van der Waals surface area (Å²) in [5.41, 5.74) is 1.01. The van der Waals surface area contributed by atoms with E-state index < -0.39 is 15.9 Å². The molecule has 0 bridgehead atoms. The zero-order valence-electron chi connectivity index (χ0n) is 16.8. The first-order valence-electron chi connectivity index (χ1n) is 9.33. The summed E-state index contributed by atoms with van der Waals surface area (Å²) < 4.78 is 42.9. The normalized spacial score (nSPS) is 15.1. The van der Waals surface area contributed by atoms with Crippen LogP contribution in [0.3, 0.4) is 0 Å². The molecule has 160 valence electrons. The lowest BCUT2D eigenvalue weighted by molar-refractivity contribution is -0.111. The van der Waals surface area contributed by atoms with Crippen molar-refractivity contribution in [2.75, 3.05) is 45.8 Å². The van der Waals surface area contributed by atoms with Crippen LogP contribution in [0.5, 0.6) is 11.5 Å². The molecule has 1 fully saturated rings. The summed E-state index contributed by atoms with van der Waals surface area (Å²) in [6, 6.07) is 11.7. The van der Waals surface area contributed by atoms with Gasteiger partial charge in [-0.3, -0.25) is 4.79 Å². The number of sulfonamides is 1. The van der Waals surface area contributed by atoms with E-state index in [1.807, 2.05) is 18.2 Å². The van der Waals surface area contributed by atoms with Gasteiger partial charge in [0.25, 0.3) is 0 Å². The van der Waals surface area contributed by atoms with E-state index in [-0.39, 0.29) is 23.7 Å². The van der Waals surface area contributed by atoms with E-state index in [0.29, 0.717) is 24.7 Å². The Kier molecular flexibility index (Phi) is 7.09. The number of para-hydroxylation sites is 1. The maximum absolute atomic E-state index is 12.9. The molecule has 0 aromatic heterocycles. The number of benzene rings is 2. The minimum atomic E-state index is -3.70. The fourth-order valence-electron chi connectivity index (χ4n) is 3.03. The van der Waals surface area contributed by atoms with Gasteiger partial charge in [-0.15, -0.1) is 0 Å². The van der Waals surface area contributed by atoms with Crippen molar-refractivity contribution < 1.29 is 27.4 Å². The Morgan fingerprint density at radius 3 is 2.47 bits per heavy atom. The first kappa shape index (κ1) is 21.8. The van der Waals surface area contributed by atoms with Gasteiger partial charge < -0.3 is 19.5 Å². The van der Waals surface area contributed by atoms with Crippen LogP contribution in [0.25, 0.3) is 6.08 Å². The molecule has 1 heterocycles. The van der Waals surface area contributed by atoms with Crippen LogP contribution >= 0.6 is 0 Å². The molecule has 0 aliphatic carbocycles. The van der Waals surface area contributed by atoms with Gasteiger partial charge in [-0.2, -0.15) is 4.31 Å². The Morgan fingerprint density at radius 2 is 1.77 bits per heavy atom. The number of carbonyl (C=O) groups is 1. The number of nitrogens with one attached hydrogen (secondary N) is 1. The molecule has 9 heteroatoms. The molecule has 0 spiro atoms. The fraction of sp³-hybridized carbons (Fsp3) is 0.286. The Labute approximate surface area is 176 Å². The average molecular weight is 432 g/mol. The first-order valence-corrected chi connectivity index (χ1v) is 10.8. The molecule has 3 rings (SSSR count). The molecule has 1 saturated heterocycles. The number of hydrogen-bond acceptors (Lipinski definition) is 6. The molecule has 1 N–H and O–H groups in total. The van der Waals surface area contributed by atoms with Crippen LogP contribution in [0.1, 0.15) is 5.56 Å². The second kappa shape index (κ2) is 9.75. The average Bonchev–Trinajstić information content (AvgIpc) is 2.78. The molecular formula is C21H24N2O6S. The largest absolute Gasteiger partial charge is 0.496 e. The summed E-state index contributed by atoms with van der Waals surface area (Å²) in [4.78, 5) is 12.5. The Bertz CT molecular complexity index is 1030. The van der Waals surface area contributed by atoms with Crippen LogP contribution in [0, 0.1) is 0 Å². The number of morpholine rings is 1. The molecule has 0 saturated carbocycles. The van der Waals surface area contributed by atoms with Gasteiger partial charge in [0.15, 0.2) is 0 Å². The Morgan fingerprint density at radius 1 is 1.07 bits per heavy atom. The highest BCUT2D eigenvalue weighted by Crippen LogP contribution is 2.29. The summed E-state index contributed by atoms with van der Waals surface area (Å²) in [6.45, 7) is 1.29. The first-order chi connectivity index (χ1) is 14.5. The molecule has 0 atom stereocenters. The van der Waals surface area contributed by atoms with Crippen LogP contribution in [-0.2, 0) is 19.6 Å². The van der Waals surface area contributed by atoms with Crippen molar-refractivity contribution >= 4 is 27.7 Å². The SMILES string of the molecule is COc1ccccc1C=CC(=O)Nc1cc(S(=O)(=O)N2CCOCC2)ccc1OC. The number of ether oxygens (including phenoxy) is 3. The smallest absolute Gasteiger partial charge is 0.248 e. The maximum atomic E-state index is 12.9. The van der Waals surface area contributed by atoms with Crippen molar-refractivity contribution in [3.05, 3.63) is 54.1 Å². The summed E-state index contributed by atoms with van der Waals surface area (Å²) >= 11 is 0. The predicted molar refractivity (Wildman–Crippen MR) is 113 cm³/mol. The van der Waals surface area contributed by atoms with Crippen molar-refractivity contribution in [3.63, 3.8) is 0 Å². The molecule has 0 unspecified atom stereocenters. The van der Waals surface area contributed by atoms with E-state index >= 15 is 0 Å². The van der Waals surface area contributed by atoms with Gasteiger partial charge in [0.05, 0.1) is 38.0 Å². The second-order valence-corrected chi connectivity index (χ2v) is 8.38. The lowest BCUT2D eigenvalue weighted by Crippen LogP contribution is -2.40. The zero-order valence-corrected chi connectivity index (χ0v) is 17.6. The van der Waals surface area contributed by atoms with E-state index in [1.54, 1.807) is 19.3 Å². The van der Waals surface area contributed by atoms with Gasteiger partial charge in [-0.05, 0) is 30.3 Å². The minimum Gasteiger partial charge on any atom is -0.496 e. The number of rotatable bonds is 7. The quantitative estimate of drug-likeness (QED) is 0.675. The highest BCUT2D eigenvalue weighted by molar-refractivity contribution is 7.89. The van der Waals surface area contributed by atoms with Crippen molar-refractivity contribution in [3.8, 4) is 11.5 Å². The van der Waals surface area contributed by atoms with Gasteiger partial charge in [0, 0.05) is 24.7 Å². The third kappa shape index (κ3) is 4.99. The predicted octanol–water partition coefficient (Wildman–Crippen LogP) is 2.38. The number of carbonyl (C=O) groups excluding carboxylic acids is 1. The number of amides is 1. The standard InChI is InChI=1S/C21H24N2O6S/c1-27-19-6-4-3-5-16(19)7-10-21(24)22-18-15-17(8-9-20(18)28-2)30(25,26)23-11-13-29-14-12-23/h3-10,15H,11-14H2,1-2H3,(H,22,24). The molecule has 0 radical (unpaired) electrons. The molecular weight excluding hydrogens is 408 g/mol. The monoisotopic (exact) mass is 432 g/mol. The van der Waals surface area contributed by atoms with Crippen LogP contribution in [0.15, 0.2) is 53.4 Å². The fourth-order valence-corrected chi connectivity index (χ4v) is 4.46. The van der Waals surface area contributed by atoms with E-state index in [2.05, 4.69) is 5.32 Å². The van der Waals surface area contributed by atoms with E-state index in [0.717, 1.165) is 5.56 Å². The van der Waals surface area contributed by atoms with Crippen LogP contribution in [0.4, 0.5) is 5.69 Å². The van der Waals surface area contributed by atoms with Crippen molar-refractivity contribution in [1.82, 2.24) is 4.31 Å². The third-order valence-corrected chi connectivity index (χ3v) is 6.48. The van der Waals surface area contributed by atoms with Crippen LogP contribution in [0.2, 0.25) is 0 Å². The number of anilines is 1. The highest BCUT2D eigenvalue weighted by Gasteiger charge is 2.27.